The molecule has 0 saturated carbocycles. The molecule has 1 fully saturated rings. The van der Waals surface area contributed by atoms with Gasteiger partial charge in [0, 0.05) is 6.92 Å². The van der Waals surface area contributed by atoms with Gasteiger partial charge < -0.3 is 14.6 Å². The Kier molecular flexibility index (Phi) is 3.97. The lowest BCUT2D eigenvalue weighted by Gasteiger charge is -2.45. The molecule has 1 aliphatic rings. The molecule has 0 aliphatic carbocycles. The summed E-state index contributed by atoms with van der Waals surface area (Å²) in [7, 11) is 0. The molecule has 0 aromatic carbocycles. The molecule has 1 aliphatic heterocycles. The van der Waals surface area contributed by atoms with Crippen molar-refractivity contribution < 1.29 is 19.4 Å². The maximum atomic E-state index is 10.7. The SMILES string of the molecule is CC(=O)OC[C@@H](O)[C@]1(C)CCCC(C)(C)O1. The van der Waals surface area contributed by atoms with Crippen molar-refractivity contribution in [2.75, 3.05) is 6.61 Å². The maximum absolute atomic E-state index is 10.7. The lowest BCUT2D eigenvalue weighted by atomic mass is 9.84. The molecule has 94 valence electrons. The Morgan fingerprint density at radius 2 is 2.06 bits per heavy atom. The molecule has 16 heavy (non-hydrogen) atoms. The number of ether oxygens (including phenoxy) is 2. The minimum atomic E-state index is -0.768. The second kappa shape index (κ2) is 4.72. The Hall–Kier alpha value is -0.610. The van der Waals surface area contributed by atoms with Gasteiger partial charge in [-0.2, -0.15) is 0 Å². The Bertz CT molecular complexity index is 262. The molecular formula is C12H22O4. The smallest absolute Gasteiger partial charge is 0.302 e. The topological polar surface area (TPSA) is 55.8 Å². The van der Waals surface area contributed by atoms with Gasteiger partial charge in [-0.05, 0) is 40.0 Å². The number of aliphatic hydroxyl groups excluding tert-OH is 1. The first-order valence-electron chi connectivity index (χ1n) is 5.77. The molecule has 2 atom stereocenters. The summed E-state index contributed by atoms with van der Waals surface area (Å²) in [5.41, 5.74) is -0.832. The van der Waals surface area contributed by atoms with E-state index in [0.29, 0.717) is 0 Å². The van der Waals surface area contributed by atoms with E-state index in [9.17, 15) is 9.90 Å². The van der Waals surface area contributed by atoms with Gasteiger partial charge in [0.1, 0.15) is 12.7 Å². The maximum Gasteiger partial charge on any atom is 0.302 e. The minimum absolute atomic E-state index is 0.00190. The van der Waals surface area contributed by atoms with Crippen molar-refractivity contribution in [1.29, 1.82) is 0 Å². The number of rotatable bonds is 3. The van der Waals surface area contributed by atoms with E-state index >= 15 is 0 Å². The minimum Gasteiger partial charge on any atom is -0.463 e. The Labute approximate surface area is 96.9 Å². The molecule has 0 bridgehead atoms. The molecule has 0 spiro atoms. The highest BCUT2D eigenvalue weighted by atomic mass is 16.6. The summed E-state index contributed by atoms with van der Waals surface area (Å²) in [6.07, 6.45) is 2.03. The number of aliphatic hydroxyl groups is 1. The van der Waals surface area contributed by atoms with Gasteiger partial charge in [0.05, 0.1) is 11.2 Å². The molecule has 1 heterocycles. The Balaban J connectivity index is 2.58. The van der Waals surface area contributed by atoms with Crippen LogP contribution in [0.5, 0.6) is 0 Å². The zero-order valence-electron chi connectivity index (χ0n) is 10.6. The third-order valence-corrected chi connectivity index (χ3v) is 3.11. The van der Waals surface area contributed by atoms with E-state index in [1.165, 1.54) is 6.92 Å². The summed E-state index contributed by atoms with van der Waals surface area (Å²) >= 11 is 0. The third kappa shape index (κ3) is 3.46. The number of esters is 1. The van der Waals surface area contributed by atoms with Crippen LogP contribution >= 0.6 is 0 Å². The lowest BCUT2D eigenvalue weighted by molar-refractivity contribution is -0.216. The molecule has 4 heteroatoms. The van der Waals surface area contributed by atoms with E-state index in [4.69, 9.17) is 9.47 Å². The van der Waals surface area contributed by atoms with E-state index in [-0.39, 0.29) is 18.2 Å². The fraction of sp³-hybridized carbons (Fsp3) is 0.917. The zero-order chi connectivity index (χ0) is 12.4. The van der Waals surface area contributed by atoms with Gasteiger partial charge in [-0.3, -0.25) is 4.79 Å². The van der Waals surface area contributed by atoms with Crippen molar-refractivity contribution in [1.82, 2.24) is 0 Å². The molecule has 0 aromatic heterocycles. The van der Waals surface area contributed by atoms with Gasteiger partial charge in [-0.15, -0.1) is 0 Å². The van der Waals surface area contributed by atoms with Crippen LogP contribution in [-0.4, -0.2) is 35.0 Å². The van der Waals surface area contributed by atoms with Gasteiger partial charge in [-0.25, -0.2) is 0 Å². The fourth-order valence-electron chi connectivity index (χ4n) is 2.21. The summed E-state index contributed by atoms with van der Waals surface area (Å²) < 4.78 is 10.7. The van der Waals surface area contributed by atoms with Crippen LogP contribution in [0.1, 0.15) is 47.0 Å². The van der Waals surface area contributed by atoms with Crippen LogP contribution in [0.15, 0.2) is 0 Å². The highest BCUT2D eigenvalue weighted by Crippen LogP contribution is 2.37. The fourth-order valence-corrected chi connectivity index (χ4v) is 2.21. The van der Waals surface area contributed by atoms with Crippen molar-refractivity contribution >= 4 is 5.97 Å². The predicted octanol–water partition coefficient (Wildman–Crippen LogP) is 1.65. The van der Waals surface area contributed by atoms with Crippen molar-refractivity contribution in [3.63, 3.8) is 0 Å². The standard InChI is InChI=1S/C12H22O4/c1-9(13)15-8-10(14)12(4)7-5-6-11(2,3)16-12/h10,14H,5-8H2,1-4H3/t10-,12+/m1/s1. The third-order valence-electron chi connectivity index (χ3n) is 3.11. The largest absolute Gasteiger partial charge is 0.463 e. The molecule has 0 amide bonds. The van der Waals surface area contributed by atoms with Crippen LogP contribution in [0, 0.1) is 0 Å². The van der Waals surface area contributed by atoms with Crippen LogP contribution in [0.3, 0.4) is 0 Å². The molecule has 4 nitrogen and oxygen atoms in total. The highest BCUT2D eigenvalue weighted by Gasteiger charge is 2.42. The molecule has 0 radical (unpaired) electrons. The number of carbonyl (C=O) groups excluding carboxylic acids is 1. The summed E-state index contributed by atoms with van der Waals surface area (Å²) in [5, 5.41) is 10.0. The van der Waals surface area contributed by atoms with E-state index in [1.807, 2.05) is 20.8 Å². The van der Waals surface area contributed by atoms with Crippen LogP contribution in [0.25, 0.3) is 0 Å². The Morgan fingerprint density at radius 1 is 1.44 bits per heavy atom. The van der Waals surface area contributed by atoms with E-state index in [2.05, 4.69) is 0 Å². The zero-order valence-corrected chi connectivity index (χ0v) is 10.6. The monoisotopic (exact) mass is 230 g/mol. The summed E-state index contributed by atoms with van der Waals surface area (Å²) in [4.78, 5) is 10.7. The van der Waals surface area contributed by atoms with Crippen molar-refractivity contribution in [3.8, 4) is 0 Å². The second-order valence-electron chi connectivity index (χ2n) is 5.35. The molecule has 1 rings (SSSR count). The Morgan fingerprint density at radius 3 is 2.56 bits per heavy atom. The lowest BCUT2D eigenvalue weighted by Crippen LogP contribution is -2.52. The molecule has 1 saturated heterocycles. The quantitative estimate of drug-likeness (QED) is 0.749. The van der Waals surface area contributed by atoms with Crippen LogP contribution < -0.4 is 0 Å². The first-order chi connectivity index (χ1) is 7.25. The predicted molar refractivity (Wildman–Crippen MR) is 60.1 cm³/mol. The van der Waals surface area contributed by atoms with Crippen LogP contribution in [0.2, 0.25) is 0 Å². The second-order valence-corrected chi connectivity index (χ2v) is 5.35. The van der Waals surface area contributed by atoms with Crippen molar-refractivity contribution in [2.45, 2.75) is 64.3 Å². The first kappa shape index (κ1) is 13.5. The molecule has 0 unspecified atom stereocenters. The van der Waals surface area contributed by atoms with Gasteiger partial charge in [0.25, 0.3) is 0 Å². The number of hydrogen-bond acceptors (Lipinski definition) is 4. The average molecular weight is 230 g/mol. The van der Waals surface area contributed by atoms with Crippen LogP contribution in [0.4, 0.5) is 0 Å². The van der Waals surface area contributed by atoms with E-state index in [1.54, 1.807) is 0 Å². The summed E-state index contributed by atoms with van der Waals surface area (Å²) in [6.45, 7) is 7.25. The highest BCUT2D eigenvalue weighted by molar-refractivity contribution is 5.65. The van der Waals surface area contributed by atoms with E-state index < -0.39 is 11.7 Å². The van der Waals surface area contributed by atoms with Crippen molar-refractivity contribution in [2.24, 2.45) is 0 Å². The summed E-state index contributed by atoms with van der Waals surface area (Å²) in [5.74, 6) is -0.377. The van der Waals surface area contributed by atoms with Gasteiger partial charge in [0.15, 0.2) is 0 Å². The molecule has 1 N–H and O–H groups in total. The number of carbonyl (C=O) groups is 1. The number of hydrogen-bond donors (Lipinski definition) is 1. The van der Waals surface area contributed by atoms with Gasteiger partial charge in [-0.1, -0.05) is 0 Å². The first-order valence-corrected chi connectivity index (χ1v) is 5.77. The van der Waals surface area contributed by atoms with Crippen molar-refractivity contribution in [3.05, 3.63) is 0 Å². The van der Waals surface area contributed by atoms with Gasteiger partial charge >= 0.3 is 5.97 Å². The van der Waals surface area contributed by atoms with Gasteiger partial charge in [0.2, 0.25) is 0 Å². The van der Waals surface area contributed by atoms with Crippen LogP contribution in [-0.2, 0) is 14.3 Å². The molecule has 0 aromatic rings. The summed E-state index contributed by atoms with van der Waals surface area (Å²) in [6, 6.07) is 0. The normalized spacial score (nSPS) is 30.8. The van der Waals surface area contributed by atoms with E-state index in [0.717, 1.165) is 19.3 Å². The molecular weight excluding hydrogens is 208 g/mol. The average Bonchev–Trinajstić information content (AvgIpc) is 2.11.